The molecule has 6 heteroatoms. The largest absolute Gasteiger partial charge is 0.343 e. The first-order chi connectivity index (χ1) is 13.3. The minimum atomic E-state index is -0.592. The Kier molecular flexibility index (Phi) is 5.96. The maximum absolute atomic E-state index is 12.8. The number of amides is 1. The number of benzene rings is 1. The molecule has 1 saturated carbocycles. The van der Waals surface area contributed by atoms with E-state index in [0.717, 1.165) is 18.4 Å². The molecule has 2 aromatic rings. The van der Waals surface area contributed by atoms with Crippen LogP contribution in [-0.4, -0.2) is 28.0 Å². The fourth-order valence-electron chi connectivity index (χ4n) is 3.65. The van der Waals surface area contributed by atoms with Gasteiger partial charge in [-0.3, -0.25) is 19.1 Å². The highest BCUT2D eigenvalue weighted by Gasteiger charge is 2.24. The molecule has 1 aliphatic carbocycles. The number of Topliss-reactive ketones (excluding diaryl/α,β-unsaturated/α-hetero) is 1. The number of carbonyl (C=O) groups is 2. The number of rotatable bonds is 5. The van der Waals surface area contributed by atoms with E-state index in [4.69, 9.17) is 0 Å². The van der Waals surface area contributed by atoms with Crippen LogP contribution in [0.2, 0.25) is 0 Å². The maximum atomic E-state index is 12.8. The van der Waals surface area contributed by atoms with Gasteiger partial charge in [0.1, 0.15) is 0 Å². The fourth-order valence-corrected chi connectivity index (χ4v) is 3.65. The van der Waals surface area contributed by atoms with Gasteiger partial charge >= 0.3 is 0 Å². The van der Waals surface area contributed by atoms with E-state index >= 15 is 0 Å². The average molecular weight is 383 g/mol. The highest BCUT2D eigenvalue weighted by Crippen LogP contribution is 2.25. The Balaban J connectivity index is 1.91. The summed E-state index contributed by atoms with van der Waals surface area (Å²) in [5.41, 5.74) is -0.335. The molecule has 1 aromatic carbocycles. The predicted octanol–water partition coefficient (Wildman–Crippen LogP) is 3.32. The summed E-state index contributed by atoms with van der Waals surface area (Å²) < 4.78 is 1.80. The average Bonchev–Trinajstić information content (AvgIpc) is 2.68. The van der Waals surface area contributed by atoms with Crippen LogP contribution in [0.3, 0.4) is 0 Å². The van der Waals surface area contributed by atoms with E-state index in [0.29, 0.717) is 17.8 Å². The molecule has 0 spiro atoms. The van der Waals surface area contributed by atoms with Crippen LogP contribution in [0, 0.1) is 11.3 Å². The van der Waals surface area contributed by atoms with Gasteiger partial charge in [0.2, 0.25) is 5.43 Å². The van der Waals surface area contributed by atoms with Crippen molar-refractivity contribution in [2.45, 2.75) is 59.4 Å². The van der Waals surface area contributed by atoms with Crippen LogP contribution in [0.25, 0.3) is 10.9 Å². The van der Waals surface area contributed by atoms with Gasteiger partial charge in [-0.2, -0.15) is 5.10 Å². The molecule has 1 aromatic heterocycles. The Labute approximate surface area is 165 Å². The number of carbonyl (C=O) groups excluding carboxylic acids is 2. The monoisotopic (exact) mass is 383 g/mol. The van der Waals surface area contributed by atoms with Gasteiger partial charge in [0.25, 0.3) is 5.91 Å². The molecule has 1 heterocycles. The normalized spacial score (nSPS) is 15.5. The van der Waals surface area contributed by atoms with Crippen LogP contribution in [0.1, 0.15) is 63.4 Å². The molecular formula is C22H29N3O3. The smallest absolute Gasteiger partial charge is 0.276 e. The lowest BCUT2D eigenvalue weighted by atomic mass is 9.89. The van der Waals surface area contributed by atoms with Crippen LogP contribution in [0.5, 0.6) is 0 Å². The molecule has 1 N–H and O–H groups in total. The molecule has 0 saturated heterocycles. The molecule has 1 fully saturated rings. The van der Waals surface area contributed by atoms with Crippen molar-refractivity contribution in [3.8, 4) is 0 Å². The van der Waals surface area contributed by atoms with E-state index < -0.39 is 16.8 Å². The van der Waals surface area contributed by atoms with Crippen molar-refractivity contribution in [2.75, 3.05) is 6.54 Å². The van der Waals surface area contributed by atoms with Gasteiger partial charge in [0.05, 0.1) is 12.1 Å². The van der Waals surface area contributed by atoms with Crippen LogP contribution in [-0.2, 0) is 11.3 Å². The van der Waals surface area contributed by atoms with E-state index in [1.807, 2.05) is 12.1 Å². The quantitative estimate of drug-likeness (QED) is 0.859. The van der Waals surface area contributed by atoms with Crippen molar-refractivity contribution in [3.05, 3.63) is 40.2 Å². The Morgan fingerprint density at radius 3 is 2.50 bits per heavy atom. The SMILES string of the molecule is CC(C)(C)C(=O)CNC(=O)c1nn(CC2CCCCC2)c2ccccc2c1=O. The molecular weight excluding hydrogens is 354 g/mol. The summed E-state index contributed by atoms with van der Waals surface area (Å²) in [5.74, 6) is -0.180. The zero-order valence-electron chi connectivity index (χ0n) is 17.0. The summed E-state index contributed by atoms with van der Waals surface area (Å²) >= 11 is 0. The summed E-state index contributed by atoms with van der Waals surface area (Å²) in [4.78, 5) is 37.6. The van der Waals surface area contributed by atoms with Crippen LogP contribution >= 0.6 is 0 Å². The van der Waals surface area contributed by atoms with Gasteiger partial charge in [-0.15, -0.1) is 0 Å². The summed E-state index contributed by atoms with van der Waals surface area (Å²) in [5, 5.41) is 7.48. The van der Waals surface area contributed by atoms with Gasteiger partial charge in [0, 0.05) is 17.3 Å². The standard InChI is InChI=1S/C22H29N3O3/c1-22(2,3)18(26)13-23-21(28)19-20(27)16-11-7-8-12-17(16)25(24-19)14-15-9-5-4-6-10-15/h7-8,11-12,15H,4-6,9-10,13-14H2,1-3H3,(H,23,28). The summed E-state index contributed by atoms with van der Waals surface area (Å²) in [6, 6.07) is 7.27. The first-order valence-electron chi connectivity index (χ1n) is 10.1. The number of nitrogens with one attached hydrogen (secondary N) is 1. The first kappa shape index (κ1) is 20.2. The molecule has 0 aliphatic heterocycles. The van der Waals surface area contributed by atoms with Crippen molar-refractivity contribution >= 4 is 22.6 Å². The number of para-hydroxylation sites is 1. The van der Waals surface area contributed by atoms with Crippen molar-refractivity contribution in [1.29, 1.82) is 0 Å². The summed E-state index contributed by atoms with van der Waals surface area (Å²) in [6.07, 6.45) is 5.98. The summed E-state index contributed by atoms with van der Waals surface area (Å²) in [6.45, 7) is 5.98. The van der Waals surface area contributed by atoms with Gasteiger partial charge in [-0.25, -0.2) is 0 Å². The number of aromatic nitrogens is 2. The molecule has 0 bridgehead atoms. The van der Waals surface area contributed by atoms with Crippen molar-refractivity contribution in [2.24, 2.45) is 11.3 Å². The third-order valence-electron chi connectivity index (χ3n) is 5.48. The molecule has 1 aliphatic rings. The second kappa shape index (κ2) is 8.25. The minimum absolute atomic E-state index is 0.0934. The molecule has 6 nitrogen and oxygen atoms in total. The lowest BCUT2D eigenvalue weighted by Gasteiger charge is -2.23. The maximum Gasteiger partial charge on any atom is 0.276 e. The zero-order valence-corrected chi connectivity index (χ0v) is 17.0. The molecule has 3 rings (SSSR count). The molecule has 1 amide bonds. The predicted molar refractivity (Wildman–Crippen MR) is 109 cm³/mol. The number of nitrogens with zero attached hydrogens (tertiary/aromatic N) is 2. The van der Waals surface area contributed by atoms with E-state index in [-0.39, 0.29) is 18.0 Å². The van der Waals surface area contributed by atoms with E-state index in [9.17, 15) is 14.4 Å². The third kappa shape index (κ3) is 4.49. The van der Waals surface area contributed by atoms with E-state index in [1.54, 1.807) is 37.6 Å². The van der Waals surface area contributed by atoms with Gasteiger partial charge in [-0.05, 0) is 30.9 Å². The van der Waals surface area contributed by atoms with Crippen molar-refractivity contribution in [3.63, 3.8) is 0 Å². The Hall–Kier alpha value is -2.50. The number of hydrogen-bond acceptors (Lipinski definition) is 4. The number of hydrogen-bond donors (Lipinski definition) is 1. The van der Waals surface area contributed by atoms with Gasteiger partial charge in [-0.1, -0.05) is 52.2 Å². The Morgan fingerprint density at radius 2 is 1.82 bits per heavy atom. The number of fused-ring (bicyclic) bond motifs is 1. The van der Waals surface area contributed by atoms with E-state index in [2.05, 4.69) is 10.4 Å². The highest BCUT2D eigenvalue weighted by molar-refractivity contribution is 5.98. The second-order valence-corrected chi connectivity index (χ2v) is 8.74. The molecule has 150 valence electrons. The van der Waals surface area contributed by atoms with Crippen molar-refractivity contribution < 1.29 is 9.59 Å². The lowest BCUT2D eigenvalue weighted by molar-refractivity contribution is -0.125. The third-order valence-corrected chi connectivity index (χ3v) is 5.48. The lowest BCUT2D eigenvalue weighted by Crippen LogP contribution is -2.38. The Morgan fingerprint density at radius 1 is 1.14 bits per heavy atom. The van der Waals surface area contributed by atoms with Crippen LogP contribution in [0.4, 0.5) is 0 Å². The highest BCUT2D eigenvalue weighted by atomic mass is 16.2. The molecule has 0 unspecified atom stereocenters. The molecule has 28 heavy (non-hydrogen) atoms. The van der Waals surface area contributed by atoms with Gasteiger partial charge in [0.15, 0.2) is 11.5 Å². The van der Waals surface area contributed by atoms with Gasteiger partial charge < -0.3 is 5.32 Å². The van der Waals surface area contributed by atoms with E-state index in [1.165, 1.54) is 19.3 Å². The van der Waals surface area contributed by atoms with Crippen LogP contribution in [0.15, 0.2) is 29.1 Å². The molecule has 0 radical (unpaired) electrons. The Bertz CT molecular complexity index is 934. The second-order valence-electron chi connectivity index (χ2n) is 8.74. The van der Waals surface area contributed by atoms with Crippen molar-refractivity contribution in [1.82, 2.24) is 15.1 Å². The molecule has 0 atom stereocenters. The first-order valence-corrected chi connectivity index (χ1v) is 10.1. The summed E-state index contributed by atoms with van der Waals surface area (Å²) in [7, 11) is 0. The number of ketones is 1. The minimum Gasteiger partial charge on any atom is -0.343 e. The zero-order chi connectivity index (χ0) is 20.3. The van der Waals surface area contributed by atoms with Crippen LogP contribution < -0.4 is 10.7 Å². The topological polar surface area (TPSA) is 81.1 Å². The fraction of sp³-hybridized carbons (Fsp3) is 0.545.